The predicted molar refractivity (Wildman–Crippen MR) is 67.6 cm³/mol. The minimum atomic E-state index is 0.533. The second-order valence-electron chi connectivity index (χ2n) is 4.01. The third-order valence-electron chi connectivity index (χ3n) is 2.55. The maximum Gasteiger partial charge on any atom is 0.161 e. The molecule has 0 radical (unpaired) electrons. The smallest absolute Gasteiger partial charge is 0.161 e. The third kappa shape index (κ3) is 2.69. The van der Waals surface area contributed by atoms with Crippen molar-refractivity contribution in [2.75, 3.05) is 13.2 Å². The largest absolute Gasteiger partial charge is 0.486 e. The second-order valence-corrected chi connectivity index (χ2v) is 4.01. The normalized spacial score (nSPS) is 13.1. The zero-order valence-corrected chi connectivity index (χ0v) is 11.0. The van der Waals surface area contributed by atoms with Gasteiger partial charge in [-0.3, -0.25) is 0 Å². The maximum absolute atomic E-state index is 5.54. The Hall–Kier alpha value is -1.18. The lowest BCUT2D eigenvalue weighted by Gasteiger charge is -2.21. The monoisotopic (exact) mass is 222 g/mol. The van der Waals surface area contributed by atoms with Crippen LogP contribution in [0.1, 0.15) is 44.7 Å². The van der Waals surface area contributed by atoms with Crippen LogP contribution in [-0.2, 0) is 0 Å². The Morgan fingerprint density at radius 2 is 1.50 bits per heavy atom. The minimum Gasteiger partial charge on any atom is -0.486 e. The Labute approximate surface area is 98.6 Å². The molecule has 1 aliphatic heterocycles. The van der Waals surface area contributed by atoms with Crippen LogP contribution < -0.4 is 9.47 Å². The molecule has 16 heavy (non-hydrogen) atoms. The number of hydrogen-bond acceptors (Lipinski definition) is 2. The van der Waals surface area contributed by atoms with Gasteiger partial charge in [-0.25, -0.2) is 0 Å². The van der Waals surface area contributed by atoms with Crippen LogP contribution in [0.4, 0.5) is 0 Å². The Balaban J connectivity index is 0.000000606. The predicted octanol–water partition coefficient (Wildman–Crippen LogP) is 3.92. The number of fused-ring (bicyclic) bond motifs is 1. The Kier molecular flexibility index (Phi) is 4.66. The Morgan fingerprint density at radius 3 is 2.00 bits per heavy atom. The summed E-state index contributed by atoms with van der Waals surface area (Å²) in [5, 5.41) is 0. The van der Waals surface area contributed by atoms with Crippen LogP contribution in [0.2, 0.25) is 0 Å². The quantitative estimate of drug-likeness (QED) is 0.717. The van der Waals surface area contributed by atoms with E-state index in [1.165, 1.54) is 11.1 Å². The van der Waals surface area contributed by atoms with E-state index in [0.717, 1.165) is 11.5 Å². The molecule has 2 nitrogen and oxygen atoms in total. The number of hydrogen-bond donors (Lipinski definition) is 0. The highest BCUT2D eigenvalue weighted by molar-refractivity contribution is 5.48. The highest BCUT2D eigenvalue weighted by Gasteiger charge is 2.15. The van der Waals surface area contributed by atoms with Crippen LogP contribution in [0, 0.1) is 6.92 Å². The van der Waals surface area contributed by atoms with Crippen molar-refractivity contribution in [3.63, 3.8) is 0 Å². The van der Waals surface area contributed by atoms with Crippen molar-refractivity contribution in [2.45, 2.75) is 40.5 Å². The molecular weight excluding hydrogens is 200 g/mol. The lowest BCUT2D eigenvalue weighted by molar-refractivity contribution is 0.171. The van der Waals surface area contributed by atoms with Crippen LogP contribution in [-0.4, -0.2) is 13.2 Å². The van der Waals surface area contributed by atoms with Gasteiger partial charge in [0.1, 0.15) is 13.2 Å². The lowest BCUT2D eigenvalue weighted by Crippen LogP contribution is -2.15. The van der Waals surface area contributed by atoms with E-state index in [0.29, 0.717) is 19.1 Å². The van der Waals surface area contributed by atoms with Gasteiger partial charge in [-0.2, -0.15) is 0 Å². The first-order valence-corrected chi connectivity index (χ1v) is 6.08. The van der Waals surface area contributed by atoms with Crippen molar-refractivity contribution in [1.29, 1.82) is 0 Å². The zero-order chi connectivity index (χ0) is 12.1. The summed E-state index contributed by atoms with van der Waals surface area (Å²) in [5.41, 5.74) is 2.62. The van der Waals surface area contributed by atoms with Crippen molar-refractivity contribution in [1.82, 2.24) is 0 Å². The summed E-state index contributed by atoms with van der Waals surface area (Å²) in [6.07, 6.45) is 0. The summed E-state index contributed by atoms with van der Waals surface area (Å²) >= 11 is 0. The molecule has 0 bridgehead atoms. The first-order valence-electron chi connectivity index (χ1n) is 6.08. The summed E-state index contributed by atoms with van der Waals surface area (Å²) < 4.78 is 11.1. The summed E-state index contributed by atoms with van der Waals surface area (Å²) in [4.78, 5) is 0. The molecule has 1 aromatic carbocycles. The summed E-state index contributed by atoms with van der Waals surface area (Å²) in [6.45, 7) is 11.8. The molecule has 0 unspecified atom stereocenters. The van der Waals surface area contributed by atoms with Gasteiger partial charge in [0.2, 0.25) is 0 Å². The Morgan fingerprint density at radius 1 is 1.00 bits per heavy atom. The molecule has 0 saturated heterocycles. The molecule has 0 spiro atoms. The molecule has 0 N–H and O–H groups in total. The van der Waals surface area contributed by atoms with Crippen LogP contribution in [0.15, 0.2) is 12.1 Å². The Bertz CT molecular complexity index is 343. The topological polar surface area (TPSA) is 18.5 Å². The standard InChI is InChI=1S/C12H16O2.C2H6/c1-8(2)10-7-12-11(6-9(10)3)13-4-5-14-12;1-2/h6-8H,4-5H2,1-3H3;1-2H3. The fourth-order valence-electron chi connectivity index (χ4n) is 1.83. The first kappa shape index (κ1) is 12.9. The molecule has 0 aliphatic carbocycles. The molecule has 0 aromatic heterocycles. The van der Waals surface area contributed by atoms with Gasteiger partial charge in [0, 0.05) is 0 Å². The molecule has 0 fully saturated rings. The highest BCUT2D eigenvalue weighted by atomic mass is 16.6. The van der Waals surface area contributed by atoms with Crippen LogP contribution in [0.5, 0.6) is 11.5 Å². The van der Waals surface area contributed by atoms with Gasteiger partial charge in [-0.1, -0.05) is 27.7 Å². The molecule has 1 heterocycles. The summed E-state index contributed by atoms with van der Waals surface area (Å²) in [6, 6.07) is 4.18. The van der Waals surface area contributed by atoms with Gasteiger partial charge in [-0.15, -0.1) is 0 Å². The van der Waals surface area contributed by atoms with Crippen LogP contribution >= 0.6 is 0 Å². The van der Waals surface area contributed by atoms with Gasteiger partial charge in [0.15, 0.2) is 11.5 Å². The lowest BCUT2D eigenvalue weighted by atomic mass is 9.97. The first-order chi connectivity index (χ1) is 7.68. The highest BCUT2D eigenvalue weighted by Crippen LogP contribution is 2.35. The molecule has 90 valence electrons. The minimum absolute atomic E-state index is 0.533. The van der Waals surface area contributed by atoms with Crippen molar-refractivity contribution >= 4 is 0 Å². The summed E-state index contributed by atoms with van der Waals surface area (Å²) in [5.74, 6) is 2.31. The van der Waals surface area contributed by atoms with Crippen LogP contribution in [0.25, 0.3) is 0 Å². The summed E-state index contributed by atoms with van der Waals surface area (Å²) in [7, 11) is 0. The fraction of sp³-hybridized carbons (Fsp3) is 0.571. The molecule has 0 atom stereocenters. The molecule has 0 amide bonds. The number of benzene rings is 1. The number of aryl methyl sites for hydroxylation is 1. The van der Waals surface area contributed by atoms with E-state index >= 15 is 0 Å². The van der Waals surface area contributed by atoms with Gasteiger partial charge < -0.3 is 9.47 Å². The van der Waals surface area contributed by atoms with E-state index in [2.05, 4.69) is 32.9 Å². The number of ether oxygens (including phenoxy) is 2. The molecular formula is C14H22O2. The van der Waals surface area contributed by atoms with Gasteiger partial charge >= 0.3 is 0 Å². The molecule has 1 aromatic rings. The second kappa shape index (κ2) is 5.78. The van der Waals surface area contributed by atoms with E-state index in [1.807, 2.05) is 13.8 Å². The molecule has 2 heteroatoms. The van der Waals surface area contributed by atoms with E-state index in [9.17, 15) is 0 Å². The maximum atomic E-state index is 5.54. The molecule has 1 aliphatic rings. The van der Waals surface area contributed by atoms with Crippen molar-refractivity contribution in [3.05, 3.63) is 23.3 Å². The van der Waals surface area contributed by atoms with Gasteiger partial charge in [-0.05, 0) is 36.1 Å². The average Bonchev–Trinajstić information content (AvgIpc) is 2.30. The van der Waals surface area contributed by atoms with Gasteiger partial charge in [0.25, 0.3) is 0 Å². The van der Waals surface area contributed by atoms with Crippen LogP contribution in [0.3, 0.4) is 0 Å². The van der Waals surface area contributed by atoms with Crippen molar-refractivity contribution in [2.24, 2.45) is 0 Å². The van der Waals surface area contributed by atoms with E-state index < -0.39 is 0 Å². The SMILES string of the molecule is CC.Cc1cc2c(cc1C(C)C)OCCO2. The van der Waals surface area contributed by atoms with E-state index in [-0.39, 0.29) is 0 Å². The molecule has 2 rings (SSSR count). The fourth-order valence-corrected chi connectivity index (χ4v) is 1.83. The van der Waals surface area contributed by atoms with E-state index in [1.54, 1.807) is 0 Å². The van der Waals surface area contributed by atoms with Crippen molar-refractivity contribution < 1.29 is 9.47 Å². The third-order valence-corrected chi connectivity index (χ3v) is 2.55. The molecule has 0 saturated carbocycles. The number of rotatable bonds is 1. The van der Waals surface area contributed by atoms with Crippen molar-refractivity contribution in [3.8, 4) is 11.5 Å². The zero-order valence-electron chi connectivity index (χ0n) is 11.0. The van der Waals surface area contributed by atoms with Gasteiger partial charge in [0.05, 0.1) is 0 Å². The average molecular weight is 222 g/mol. The van der Waals surface area contributed by atoms with E-state index in [4.69, 9.17) is 9.47 Å².